The van der Waals surface area contributed by atoms with Crippen molar-refractivity contribution in [1.82, 2.24) is 5.32 Å². The number of imide groups is 1. The number of thiophene rings is 1. The second-order valence-corrected chi connectivity index (χ2v) is 5.99. The maximum absolute atomic E-state index is 11.8. The van der Waals surface area contributed by atoms with E-state index in [-0.39, 0.29) is 0 Å². The molecule has 1 N–H and O–H groups in total. The van der Waals surface area contributed by atoms with E-state index in [0.29, 0.717) is 10.6 Å². The first-order chi connectivity index (χ1) is 11.5. The van der Waals surface area contributed by atoms with Crippen LogP contribution in [0.5, 0.6) is 5.75 Å². The van der Waals surface area contributed by atoms with Crippen molar-refractivity contribution < 1.29 is 23.9 Å². The molecule has 1 aromatic carbocycles. The molecular formula is C17H17NO5S. The van der Waals surface area contributed by atoms with E-state index >= 15 is 0 Å². The van der Waals surface area contributed by atoms with Gasteiger partial charge in [0.2, 0.25) is 0 Å². The quantitative estimate of drug-likeness (QED) is 0.811. The van der Waals surface area contributed by atoms with Crippen LogP contribution in [0.4, 0.5) is 0 Å². The van der Waals surface area contributed by atoms with E-state index in [9.17, 15) is 14.4 Å². The predicted molar refractivity (Wildman–Crippen MR) is 89.0 cm³/mol. The summed E-state index contributed by atoms with van der Waals surface area (Å²) in [5, 5.41) is 3.87. The summed E-state index contributed by atoms with van der Waals surface area (Å²) in [6, 6.07) is 10.5. The van der Waals surface area contributed by atoms with E-state index in [2.05, 4.69) is 5.32 Å². The minimum absolute atomic E-state index is 0.408. The van der Waals surface area contributed by atoms with E-state index in [1.807, 2.05) is 19.1 Å². The maximum Gasteiger partial charge on any atom is 0.347 e. The van der Waals surface area contributed by atoms with Gasteiger partial charge in [-0.15, -0.1) is 11.3 Å². The molecule has 1 atom stereocenters. The Morgan fingerprint density at radius 2 is 2.00 bits per heavy atom. The number of benzene rings is 1. The Labute approximate surface area is 143 Å². The Kier molecular flexibility index (Phi) is 6.08. The van der Waals surface area contributed by atoms with Gasteiger partial charge in [0, 0.05) is 0 Å². The third kappa shape index (κ3) is 5.20. The lowest BCUT2D eigenvalue weighted by Crippen LogP contribution is -2.35. The number of hydrogen-bond donors (Lipinski definition) is 1. The monoisotopic (exact) mass is 347 g/mol. The average Bonchev–Trinajstić information content (AvgIpc) is 3.07. The van der Waals surface area contributed by atoms with Gasteiger partial charge in [-0.05, 0) is 43.0 Å². The van der Waals surface area contributed by atoms with E-state index in [1.54, 1.807) is 29.6 Å². The molecule has 24 heavy (non-hydrogen) atoms. The Morgan fingerprint density at radius 3 is 2.67 bits per heavy atom. The molecule has 0 aliphatic heterocycles. The maximum atomic E-state index is 11.8. The van der Waals surface area contributed by atoms with E-state index in [0.717, 1.165) is 5.56 Å². The van der Waals surface area contributed by atoms with Crippen LogP contribution in [0.15, 0.2) is 41.8 Å². The second-order valence-electron chi connectivity index (χ2n) is 5.04. The van der Waals surface area contributed by atoms with Gasteiger partial charge < -0.3 is 9.47 Å². The molecule has 0 bridgehead atoms. The van der Waals surface area contributed by atoms with Crippen LogP contribution in [-0.4, -0.2) is 30.5 Å². The van der Waals surface area contributed by atoms with Crippen molar-refractivity contribution in [2.45, 2.75) is 20.0 Å². The van der Waals surface area contributed by atoms with Crippen molar-refractivity contribution in [3.05, 3.63) is 52.2 Å². The smallest absolute Gasteiger partial charge is 0.347 e. The van der Waals surface area contributed by atoms with Gasteiger partial charge in [0.05, 0.1) is 4.88 Å². The molecule has 0 aliphatic carbocycles. The molecule has 0 radical (unpaired) electrons. The summed E-state index contributed by atoms with van der Waals surface area (Å²) < 4.78 is 10.3. The molecule has 2 amide bonds. The number of nitrogens with one attached hydrogen (secondary N) is 1. The molecular weight excluding hydrogens is 330 g/mol. The Balaban J connectivity index is 1.77. The molecule has 0 aliphatic rings. The lowest BCUT2D eigenvalue weighted by molar-refractivity contribution is -0.154. The number of esters is 1. The van der Waals surface area contributed by atoms with Crippen molar-refractivity contribution in [2.75, 3.05) is 6.61 Å². The van der Waals surface area contributed by atoms with Crippen LogP contribution in [0.25, 0.3) is 0 Å². The highest BCUT2D eigenvalue weighted by Crippen LogP contribution is 2.14. The first-order valence-electron chi connectivity index (χ1n) is 7.23. The molecule has 2 rings (SSSR count). The zero-order valence-corrected chi connectivity index (χ0v) is 14.1. The summed E-state index contributed by atoms with van der Waals surface area (Å²) in [6.07, 6.45) is -0.868. The molecule has 126 valence electrons. The van der Waals surface area contributed by atoms with Crippen molar-refractivity contribution in [3.8, 4) is 5.75 Å². The fourth-order valence-corrected chi connectivity index (χ4v) is 2.45. The molecule has 0 saturated carbocycles. The van der Waals surface area contributed by atoms with Gasteiger partial charge in [0.1, 0.15) is 5.75 Å². The third-order valence-corrected chi connectivity index (χ3v) is 3.85. The average molecular weight is 347 g/mol. The van der Waals surface area contributed by atoms with Crippen LogP contribution in [-0.2, 0) is 14.3 Å². The fourth-order valence-electron chi connectivity index (χ4n) is 1.83. The third-order valence-electron chi connectivity index (χ3n) is 2.98. The highest BCUT2D eigenvalue weighted by atomic mass is 32.1. The fraction of sp³-hybridized carbons (Fsp3) is 0.235. The first kappa shape index (κ1) is 17.7. The van der Waals surface area contributed by atoms with Gasteiger partial charge >= 0.3 is 5.97 Å². The largest absolute Gasteiger partial charge is 0.479 e. The molecule has 7 heteroatoms. The number of aryl methyl sites for hydroxylation is 1. The SMILES string of the molecule is Cc1cccc(O[C@H](C)C(=O)OCC(=O)NC(=O)c2cccs2)c1. The second kappa shape index (κ2) is 8.26. The van der Waals surface area contributed by atoms with E-state index in [4.69, 9.17) is 9.47 Å². The molecule has 1 aromatic heterocycles. The molecule has 6 nitrogen and oxygen atoms in total. The van der Waals surface area contributed by atoms with Gasteiger partial charge in [-0.2, -0.15) is 0 Å². The topological polar surface area (TPSA) is 81.7 Å². The van der Waals surface area contributed by atoms with Crippen molar-refractivity contribution in [3.63, 3.8) is 0 Å². The molecule has 0 spiro atoms. The normalized spacial score (nSPS) is 11.4. The van der Waals surface area contributed by atoms with Crippen LogP contribution < -0.4 is 10.1 Å². The minimum atomic E-state index is -0.868. The van der Waals surface area contributed by atoms with Gasteiger partial charge in [0.25, 0.3) is 11.8 Å². The summed E-state index contributed by atoms with van der Waals surface area (Å²) in [4.78, 5) is 35.6. The van der Waals surface area contributed by atoms with E-state index < -0.39 is 30.5 Å². The lowest BCUT2D eigenvalue weighted by atomic mass is 10.2. The summed E-state index contributed by atoms with van der Waals surface area (Å²) in [7, 11) is 0. The highest BCUT2D eigenvalue weighted by Gasteiger charge is 2.19. The van der Waals surface area contributed by atoms with Gasteiger partial charge in [0.15, 0.2) is 12.7 Å². The number of rotatable bonds is 6. The zero-order chi connectivity index (χ0) is 17.5. The van der Waals surface area contributed by atoms with Crippen LogP contribution in [0, 0.1) is 6.92 Å². The van der Waals surface area contributed by atoms with Crippen LogP contribution in [0.2, 0.25) is 0 Å². The van der Waals surface area contributed by atoms with Crippen molar-refractivity contribution >= 4 is 29.1 Å². The number of carbonyl (C=O) groups is 3. The molecule has 1 heterocycles. The number of carbonyl (C=O) groups excluding carboxylic acids is 3. The molecule has 2 aromatic rings. The minimum Gasteiger partial charge on any atom is -0.479 e. The summed E-state index contributed by atoms with van der Waals surface area (Å²) in [5.41, 5.74) is 1.000. The number of amides is 2. The summed E-state index contributed by atoms with van der Waals surface area (Å²) in [6.45, 7) is 2.89. The standard InChI is InChI=1S/C17H17NO5S/c1-11-5-3-6-13(9-11)23-12(2)17(21)22-10-15(19)18-16(20)14-7-4-8-24-14/h3-9,12H,10H2,1-2H3,(H,18,19,20)/t12-/m1/s1. The molecule has 0 fully saturated rings. The van der Waals surface area contributed by atoms with Crippen molar-refractivity contribution in [1.29, 1.82) is 0 Å². The van der Waals surface area contributed by atoms with Gasteiger partial charge in [-0.1, -0.05) is 18.2 Å². The number of hydrogen-bond acceptors (Lipinski definition) is 6. The Morgan fingerprint density at radius 1 is 1.21 bits per heavy atom. The van der Waals surface area contributed by atoms with Gasteiger partial charge in [-0.25, -0.2) is 4.79 Å². The Hall–Kier alpha value is -2.67. The summed E-state index contributed by atoms with van der Waals surface area (Å²) in [5.74, 6) is -1.35. The van der Waals surface area contributed by atoms with Crippen LogP contribution in [0.1, 0.15) is 22.2 Å². The molecule has 0 saturated heterocycles. The zero-order valence-electron chi connectivity index (χ0n) is 13.3. The number of ether oxygens (including phenoxy) is 2. The van der Waals surface area contributed by atoms with E-state index in [1.165, 1.54) is 18.3 Å². The first-order valence-corrected chi connectivity index (χ1v) is 8.11. The van der Waals surface area contributed by atoms with Crippen molar-refractivity contribution in [2.24, 2.45) is 0 Å². The molecule has 0 unspecified atom stereocenters. The lowest BCUT2D eigenvalue weighted by Gasteiger charge is -2.14. The predicted octanol–water partition coefficient (Wildman–Crippen LogP) is 2.32. The summed E-state index contributed by atoms with van der Waals surface area (Å²) >= 11 is 1.21. The van der Waals surface area contributed by atoms with Crippen LogP contribution in [0.3, 0.4) is 0 Å². The highest BCUT2D eigenvalue weighted by molar-refractivity contribution is 7.12. The Bertz CT molecular complexity index is 726. The van der Waals surface area contributed by atoms with Crippen LogP contribution >= 0.6 is 11.3 Å². The van der Waals surface area contributed by atoms with Gasteiger partial charge in [-0.3, -0.25) is 14.9 Å².